The topological polar surface area (TPSA) is 110 Å². The van der Waals surface area contributed by atoms with Crippen LogP contribution in [0.2, 0.25) is 5.02 Å². The van der Waals surface area contributed by atoms with E-state index in [0.717, 1.165) is 6.07 Å². The number of nitrogens with one attached hydrogen (secondary N) is 1. The van der Waals surface area contributed by atoms with Crippen LogP contribution in [-0.2, 0) is 4.79 Å². The van der Waals surface area contributed by atoms with Crippen molar-refractivity contribution in [3.05, 3.63) is 38.9 Å². The van der Waals surface area contributed by atoms with Crippen LogP contribution in [0.4, 0.5) is 5.69 Å². The van der Waals surface area contributed by atoms with Gasteiger partial charge in [-0.15, -0.1) is 0 Å². The number of nitro benzene ring substituents is 1. The zero-order valence-electron chi connectivity index (χ0n) is 11.3. The molecule has 0 heterocycles. The first-order valence-electron chi connectivity index (χ1n) is 6.28. The molecule has 7 nitrogen and oxygen atoms in total. The number of carboxylic acid groups (broad SMARTS) is 1. The molecule has 0 aliphatic heterocycles. The summed E-state index contributed by atoms with van der Waals surface area (Å²) in [5, 5.41) is 21.8. The molecule has 0 saturated carbocycles. The number of carbonyl (C=O) groups excluding carboxylic acids is 1. The van der Waals surface area contributed by atoms with E-state index >= 15 is 0 Å². The van der Waals surface area contributed by atoms with Crippen molar-refractivity contribution in [1.29, 1.82) is 0 Å². The van der Waals surface area contributed by atoms with E-state index in [1.54, 1.807) is 6.92 Å². The van der Waals surface area contributed by atoms with Crippen LogP contribution in [0, 0.1) is 10.1 Å². The van der Waals surface area contributed by atoms with Crippen molar-refractivity contribution in [2.75, 3.05) is 0 Å². The third-order valence-electron chi connectivity index (χ3n) is 2.81. The Labute approximate surface area is 126 Å². The van der Waals surface area contributed by atoms with Gasteiger partial charge < -0.3 is 10.4 Å². The Morgan fingerprint density at radius 3 is 2.67 bits per heavy atom. The predicted molar refractivity (Wildman–Crippen MR) is 76.5 cm³/mol. The van der Waals surface area contributed by atoms with Crippen LogP contribution >= 0.6 is 11.6 Å². The van der Waals surface area contributed by atoms with Crippen LogP contribution in [0.15, 0.2) is 18.2 Å². The molecule has 0 fully saturated rings. The molecule has 0 spiro atoms. The SMILES string of the molecule is CC(CCCC(=O)O)NC(=O)c1ccc([N+](=O)[O-])cc1Cl. The number of hydrogen-bond donors (Lipinski definition) is 2. The van der Waals surface area contributed by atoms with E-state index in [4.69, 9.17) is 16.7 Å². The van der Waals surface area contributed by atoms with Gasteiger partial charge in [-0.05, 0) is 25.8 Å². The molecule has 1 rings (SSSR count). The van der Waals surface area contributed by atoms with Crippen molar-refractivity contribution in [2.24, 2.45) is 0 Å². The second-order valence-electron chi connectivity index (χ2n) is 4.58. The van der Waals surface area contributed by atoms with E-state index in [9.17, 15) is 19.7 Å². The largest absolute Gasteiger partial charge is 0.481 e. The average molecular weight is 315 g/mol. The summed E-state index contributed by atoms with van der Waals surface area (Å²) in [5.74, 6) is -1.33. The highest BCUT2D eigenvalue weighted by molar-refractivity contribution is 6.34. The Balaban J connectivity index is 2.63. The van der Waals surface area contributed by atoms with Gasteiger partial charge in [0.25, 0.3) is 11.6 Å². The highest BCUT2D eigenvalue weighted by Gasteiger charge is 2.16. The summed E-state index contributed by atoms with van der Waals surface area (Å²) in [4.78, 5) is 32.4. The standard InChI is InChI=1S/C13H15ClN2O5/c1-8(3-2-4-12(17)18)15-13(19)10-6-5-9(16(20)21)7-11(10)14/h5-8H,2-4H2,1H3,(H,15,19)(H,17,18). The van der Waals surface area contributed by atoms with E-state index in [1.807, 2.05) is 0 Å². The number of non-ortho nitro benzene ring substituents is 1. The highest BCUT2D eigenvalue weighted by Crippen LogP contribution is 2.22. The summed E-state index contributed by atoms with van der Waals surface area (Å²) in [6.07, 6.45) is 1.01. The Kier molecular flexibility index (Phi) is 6.10. The number of amides is 1. The minimum atomic E-state index is -0.882. The minimum absolute atomic E-state index is 0.000522. The zero-order valence-corrected chi connectivity index (χ0v) is 12.1. The first kappa shape index (κ1) is 16.9. The first-order chi connectivity index (χ1) is 9.81. The molecule has 8 heteroatoms. The van der Waals surface area contributed by atoms with Crippen molar-refractivity contribution in [1.82, 2.24) is 5.32 Å². The summed E-state index contributed by atoms with van der Waals surface area (Å²) < 4.78 is 0. The first-order valence-corrected chi connectivity index (χ1v) is 6.65. The summed E-state index contributed by atoms with van der Waals surface area (Å²) in [6, 6.07) is 3.39. The molecule has 0 aliphatic carbocycles. The quantitative estimate of drug-likeness (QED) is 0.594. The Hall–Kier alpha value is -2.15. The molecule has 1 unspecified atom stereocenters. The fourth-order valence-corrected chi connectivity index (χ4v) is 2.00. The number of halogens is 1. The second kappa shape index (κ2) is 7.58. The summed E-state index contributed by atoms with van der Waals surface area (Å²) in [5.41, 5.74) is -0.0431. The third kappa shape index (κ3) is 5.39. The normalized spacial score (nSPS) is 11.7. The van der Waals surface area contributed by atoms with E-state index in [1.165, 1.54) is 12.1 Å². The molecule has 1 amide bonds. The smallest absolute Gasteiger partial charge is 0.303 e. The lowest BCUT2D eigenvalue weighted by atomic mass is 10.1. The number of carbonyl (C=O) groups is 2. The second-order valence-corrected chi connectivity index (χ2v) is 4.99. The van der Waals surface area contributed by atoms with Gasteiger partial charge in [-0.2, -0.15) is 0 Å². The molecule has 0 aromatic heterocycles. The van der Waals surface area contributed by atoms with Crippen LogP contribution in [-0.4, -0.2) is 27.9 Å². The van der Waals surface area contributed by atoms with Gasteiger partial charge in [-0.25, -0.2) is 0 Å². The van der Waals surface area contributed by atoms with E-state index in [0.29, 0.717) is 12.8 Å². The van der Waals surface area contributed by atoms with Gasteiger partial charge >= 0.3 is 5.97 Å². The van der Waals surface area contributed by atoms with Gasteiger partial charge in [-0.3, -0.25) is 19.7 Å². The summed E-state index contributed by atoms with van der Waals surface area (Å²) in [7, 11) is 0. The van der Waals surface area contributed by atoms with Crippen LogP contribution in [0.25, 0.3) is 0 Å². The maximum absolute atomic E-state index is 12.0. The van der Waals surface area contributed by atoms with Crippen LogP contribution in [0.5, 0.6) is 0 Å². The summed E-state index contributed by atoms with van der Waals surface area (Å²) in [6.45, 7) is 1.75. The number of nitrogens with zero attached hydrogens (tertiary/aromatic N) is 1. The van der Waals surface area contributed by atoms with Gasteiger partial charge in [0.1, 0.15) is 0 Å². The lowest BCUT2D eigenvalue weighted by molar-refractivity contribution is -0.384. The molecule has 0 radical (unpaired) electrons. The Bertz CT molecular complexity index is 561. The van der Waals surface area contributed by atoms with Gasteiger partial charge in [-0.1, -0.05) is 11.6 Å². The minimum Gasteiger partial charge on any atom is -0.481 e. The molecular formula is C13H15ClN2O5. The lowest BCUT2D eigenvalue weighted by Crippen LogP contribution is -2.32. The zero-order chi connectivity index (χ0) is 16.0. The molecule has 21 heavy (non-hydrogen) atoms. The van der Waals surface area contributed by atoms with Gasteiger partial charge in [0.05, 0.1) is 15.5 Å². The molecule has 0 bridgehead atoms. The lowest BCUT2D eigenvalue weighted by Gasteiger charge is -2.13. The number of hydrogen-bond acceptors (Lipinski definition) is 4. The van der Waals surface area contributed by atoms with Crippen molar-refractivity contribution >= 4 is 29.2 Å². The maximum Gasteiger partial charge on any atom is 0.303 e. The predicted octanol–water partition coefficient (Wildman–Crippen LogP) is 2.62. The van der Waals surface area contributed by atoms with Crippen LogP contribution in [0.1, 0.15) is 36.5 Å². The van der Waals surface area contributed by atoms with Crippen LogP contribution < -0.4 is 5.32 Å². The highest BCUT2D eigenvalue weighted by atomic mass is 35.5. The molecule has 114 valence electrons. The van der Waals surface area contributed by atoms with Crippen molar-refractivity contribution in [3.8, 4) is 0 Å². The molecule has 1 aromatic carbocycles. The number of carboxylic acids is 1. The summed E-state index contributed by atoms with van der Waals surface area (Å²) >= 11 is 5.85. The monoisotopic (exact) mass is 314 g/mol. The van der Waals surface area contributed by atoms with Crippen LogP contribution in [0.3, 0.4) is 0 Å². The molecule has 0 saturated heterocycles. The van der Waals surface area contributed by atoms with Gasteiger partial charge in [0.15, 0.2) is 0 Å². The Morgan fingerprint density at radius 1 is 1.48 bits per heavy atom. The fourth-order valence-electron chi connectivity index (χ4n) is 1.73. The maximum atomic E-state index is 12.0. The number of aliphatic carboxylic acids is 1. The molecule has 1 aromatic rings. The Morgan fingerprint density at radius 2 is 2.14 bits per heavy atom. The van der Waals surface area contributed by atoms with Crippen molar-refractivity contribution < 1.29 is 19.6 Å². The van der Waals surface area contributed by atoms with Crippen molar-refractivity contribution in [3.63, 3.8) is 0 Å². The van der Waals surface area contributed by atoms with Gasteiger partial charge in [0.2, 0.25) is 0 Å². The van der Waals surface area contributed by atoms with Crippen molar-refractivity contribution in [2.45, 2.75) is 32.2 Å². The van der Waals surface area contributed by atoms with Gasteiger partial charge in [0, 0.05) is 24.6 Å². The molecule has 1 atom stereocenters. The number of rotatable bonds is 7. The molecule has 0 aliphatic rings. The number of nitro groups is 1. The molecular weight excluding hydrogens is 300 g/mol. The fraction of sp³-hybridized carbons (Fsp3) is 0.385. The average Bonchev–Trinajstić information content (AvgIpc) is 2.37. The third-order valence-corrected chi connectivity index (χ3v) is 3.13. The van der Waals surface area contributed by atoms with E-state index in [-0.39, 0.29) is 28.7 Å². The van der Waals surface area contributed by atoms with E-state index in [2.05, 4.69) is 5.32 Å². The number of benzene rings is 1. The van der Waals surface area contributed by atoms with E-state index < -0.39 is 16.8 Å². The molecule has 2 N–H and O–H groups in total.